The van der Waals surface area contributed by atoms with Crippen LogP contribution in [0.1, 0.15) is 37.0 Å². The van der Waals surface area contributed by atoms with E-state index in [1.807, 2.05) is 18.0 Å². The molecule has 0 aliphatic rings. The first-order valence-electron chi connectivity index (χ1n) is 6.40. The summed E-state index contributed by atoms with van der Waals surface area (Å²) in [4.78, 5) is 14.4. The summed E-state index contributed by atoms with van der Waals surface area (Å²) >= 11 is 5.98. The molecule has 18 heavy (non-hydrogen) atoms. The van der Waals surface area contributed by atoms with Crippen LogP contribution < -0.4 is 5.32 Å². The standard InChI is InChI=1S/C14H21ClN2O/c1-4-8-17(9-5-2)14(18)12-10-11(15)6-7-13(12)16-3/h6-7,10,16H,4-5,8-9H2,1-3H3. The van der Waals surface area contributed by atoms with Crippen LogP contribution in [-0.2, 0) is 0 Å². The molecule has 0 fully saturated rings. The van der Waals surface area contributed by atoms with Gasteiger partial charge in [-0.05, 0) is 31.0 Å². The molecule has 1 amide bonds. The number of hydrogen-bond acceptors (Lipinski definition) is 2. The van der Waals surface area contributed by atoms with E-state index in [1.54, 1.807) is 12.1 Å². The Kier molecular flexibility index (Phi) is 5.99. The smallest absolute Gasteiger partial charge is 0.256 e. The molecular formula is C14H21ClN2O. The Morgan fingerprint density at radius 2 is 1.89 bits per heavy atom. The Balaban J connectivity index is 3.02. The molecule has 0 aromatic heterocycles. The Morgan fingerprint density at radius 3 is 2.39 bits per heavy atom. The molecule has 0 atom stereocenters. The van der Waals surface area contributed by atoms with Crippen LogP contribution in [-0.4, -0.2) is 30.9 Å². The molecule has 1 N–H and O–H groups in total. The third-order valence-electron chi connectivity index (χ3n) is 2.76. The Hall–Kier alpha value is -1.22. The summed E-state index contributed by atoms with van der Waals surface area (Å²) in [6.07, 6.45) is 1.92. The number of nitrogens with zero attached hydrogens (tertiary/aromatic N) is 1. The number of benzene rings is 1. The second-order valence-electron chi connectivity index (χ2n) is 4.23. The summed E-state index contributed by atoms with van der Waals surface area (Å²) in [5.41, 5.74) is 1.47. The van der Waals surface area contributed by atoms with Crippen molar-refractivity contribution in [1.29, 1.82) is 0 Å². The van der Waals surface area contributed by atoms with E-state index in [-0.39, 0.29) is 5.91 Å². The fourth-order valence-electron chi connectivity index (χ4n) is 1.94. The lowest BCUT2D eigenvalue weighted by Crippen LogP contribution is -2.32. The van der Waals surface area contributed by atoms with Crippen LogP contribution >= 0.6 is 11.6 Å². The van der Waals surface area contributed by atoms with Gasteiger partial charge in [-0.2, -0.15) is 0 Å². The van der Waals surface area contributed by atoms with Gasteiger partial charge in [-0.3, -0.25) is 4.79 Å². The summed E-state index contributed by atoms with van der Waals surface area (Å²) in [5.74, 6) is 0.0468. The van der Waals surface area contributed by atoms with Crippen LogP contribution in [0, 0.1) is 0 Å². The van der Waals surface area contributed by atoms with Crippen molar-refractivity contribution in [3.8, 4) is 0 Å². The highest BCUT2D eigenvalue weighted by Gasteiger charge is 2.17. The van der Waals surface area contributed by atoms with Crippen molar-refractivity contribution in [3.05, 3.63) is 28.8 Å². The minimum Gasteiger partial charge on any atom is -0.387 e. The Bertz CT molecular complexity index is 401. The highest BCUT2D eigenvalue weighted by atomic mass is 35.5. The van der Waals surface area contributed by atoms with E-state index in [4.69, 9.17) is 11.6 Å². The van der Waals surface area contributed by atoms with Crippen LogP contribution in [0.2, 0.25) is 5.02 Å². The maximum Gasteiger partial charge on any atom is 0.256 e. The predicted molar refractivity (Wildman–Crippen MR) is 77.5 cm³/mol. The van der Waals surface area contributed by atoms with Gasteiger partial charge in [-0.25, -0.2) is 0 Å². The molecule has 0 saturated heterocycles. The second-order valence-corrected chi connectivity index (χ2v) is 4.67. The van der Waals surface area contributed by atoms with Gasteiger partial charge in [0.2, 0.25) is 0 Å². The van der Waals surface area contributed by atoms with Gasteiger partial charge < -0.3 is 10.2 Å². The number of rotatable bonds is 6. The van der Waals surface area contributed by atoms with Gasteiger partial charge in [0.15, 0.2) is 0 Å². The number of halogens is 1. The third kappa shape index (κ3) is 3.64. The molecule has 0 heterocycles. The van der Waals surface area contributed by atoms with Crippen molar-refractivity contribution in [3.63, 3.8) is 0 Å². The van der Waals surface area contributed by atoms with Gasteiger partial charge in [0.1, 0.15) is 0 Å². The van der Waals surface area contributed by atoms with Crippen LogP contribution in [0.4, 0.5) is 5.69 Å². The van der Waals surface area contributed by atoms with E-state index in [1.165, 1.54) is 0 Å². The first kappa shape index (κ1) is 14.8. The van der Waals surface area contributed by atoms with Crippen LogP contribution in [0.5, 0.6) is 0 Å². The average molecular weight is 269 g/mol. The van der Waals surface area contributed by atoms with Gasteiger partial charge in [0, 0.05) is 30.8 Å². The van der Waals surface area contributed by atoms with Crippen LogP contribution in [0.15, 0.2) is 18.2 Å². The van der Waals surface area contributed by atoms with Crippen LogP contribution in [0.25, 0.3) is 0 Å². The van der Waals surface area contributed by atoms with E-state index in [9.17, 15) is 4.79 Å². The summed E-state index contributed by atoms with van der Waals surface area (Å²) in [6, 6.07) is 5.35. The lowest BCUT2D eigenvalue weighted by molar-refractivity contribution is 0.0756. The Morgan fingerprint density at radius 1 is 1.28 bits per heavy atom. The lowest BCUT2D eigenvalue weighted by atomic mass is 10.1. The number of anilines is 1. The fourth-order valence-corrected chi connectivity index (χ4v) is 2.11. The minimum atomic E-state index is 0.0468. The molecule has 1 aromatic carbocycles. The van der Waals surface area contributed by atoms with E-state index in [0.717, 1.165) is 31.6 Å². The van der Waals surface area contributed by atoms with Gasteiger partial charge in [-0.1, -0.05) is 25.4 Å². The zero-order chi connectivity index (χ0) is 13.5. The minimum absolute atomic E-state index is 0.0468. The molecule has 0 aliphatic carbocycles. The highest BCUT2D eigenvalue weighted by Crippen LogP contribution is 2.22. The number of nitrogens with one attached hydrogen (secondary N) is 1. The molecule has 0 radical (unpaired) electrons. The summed E-state index contributed by atoms with van der Waals surface area (Å²) in [6.45, 7) is 5.71. The molecule has 100 valence electrons. The van der Waals surface area contributed by atoms with Crippen molar-refractivity contribution in [2.45, 2.75) is 26.7 Å². The zero-order valence-electron chi connectivity index (χ0n) is 11.3. The third-order valence-corrected chi connectivity index (χ3v) is 2.99. The van der Waals surface area contributed by atoms with E-state index in [2.05, 4.69) is 19.2 Å². The van der Waals surface area contributed by atoms with Crippen molar-refractivity contribution in [2.24, 2.45) is 0 Å². The Labute approximate surface area is 114 Å². The number of carbonyl (C=O) groups is 1. The average Bonchev–Trinajstić information content (AvgIpc) is 2.37. The van der Waals surface area contributed by atoms with Crippen molar-refractivity contribution < 1.29 is 4.79 Å². The van der Waals surface area contributed by atoms with Crippen molar-refractivity contribution >= 4 is 23.2 Å². The largest absolute Gasteiger partial charge is 0.387 e. The number of amides is 1. The fraction of sp³-hybridized carbons (Fsp3) is 0.500. The molecule has 0 saturated carbocycles. The molecular weight excluding hydrogens is 248 g/mol. The first-order chi connectivity index (χ1) is 8.63. The molecule has 1 aromatic rings. The van der Waals surface area contributed by atoms with Crippen molar-refractivity contribution in [2.75, 3.05) is 25.5 Å². The van der Waals surface area contributed by atoms with Gasteiger partial charge in [0.05, 0.1) is 5.56 Å². The zero-order valence-corrected chi connectivity index (χ0v) is 12.0. The molecule has 1 rings (SSSR count). The van der Waals surface area contributed by atoms with E-state index < -0.39 is 0 Å². The summed E-state index contributed by atoms with van der Waals surface area (Å²) < 4.78 is 0. The maximum atomic E-state index is 12.5. The van der Waals surface area contributed by atoms with E-state index in [0.29, 0.717) is 10.6 Å². The summed E-state index contributed by atoms with van der Waals surface area (Å²) in [7, 11) is 1.81. The SMILES string of the molecule is CCCN(CCC)C(=O)c1cc(Cl)ccc1NC. The van der Waals surface area contributed by atoms with Crippen LogP contribution in [0.3, 0.4) is 0 Å². The maximum absolute atomic E-state index is 12.5. The lowest BCUT2D eigenvalue weighted by Gasteiger charge is -2.22. The van der Waals surface area contributed by atoms with Crippen molar-refractivity contribution in [1.82, 2.24) is 4.90 Å². The number of hydrogen-bond donors (Lipinski definition) is 1. The van der Waals surface area contributed by atoms with Gasteiger partial charge in [0.25, 0.3) is 5.91 Å². The second kappa shape index (κ2) is 7.27. The quantitative estimate of drug-likeness (QED) is 0.854. The normalized spacial score (nSPS) is 10.2. The van der Waals surface area contributed by atoms with Gasteiger partial charge in [-0.15, -0.1) is 0 Å². The molecule has 0 aliphatic heterocycles. The summed E-state index contributed by atoms with van der Waals surface area (Å²) in [5, 5.41) is 3.62. The monoisotopic (exact) mass is 268 g/mol. The van der Waals surface area contributed by atoms with Gasteiger partial charge >= 0.3 is 0 Å². The molecule has 0 bridgehead atoms. The molecule has 0 unspecified atom stereocenters. The topological polar surface area (TPSA) is 32.3 Å². The van der Waals surface area contributed by atoms with E-state index >= 15 is 0 Å². The number of carbonyl (C=O) groups excluding carboxylic acids is 1. The molecule has 0 spiro atoms. The predicted octanol–water partition coefficient (Wildman–Crippen LogP) is 3.64. The first-order valence-corrected chi connectivity index (χ1v) is 6.78. The molecule has 3 nitrogen and oxygen atoms in total. The highest BCUT2D eigenvalue weighted by molar-refractivity contribution is 6.31. The molecule has 4 heteroatoms.